The van der Waals surface area contributed by atoms with Crippen LogP contribution in [0.3, 0.4) is 0 Å². The minimum Gasteiger partial charge on any atom is -0.456 e. The molecular weight excluding hydrogens is 653 g/mol. The van der Waals surface area contributed by atoms with E-state index in [1.807, 2.05) is 24.3 Å². The van der Waals surface area contributed by atoms with Gasteiger partial charge in [0.25, 0.3) is 0 Å². The third-order valence-corrected chi connectivity index (χ3v) is 11.2. The standard InChI is InChI=1S/C45H34B5N3O/c46-38-36(39(47)41(49)42(50)40(38)48)28-16-20-30(21-17-28)44-51-43(29-18-14-27(15-19-29)25-8-3-1-4-9-25)52-45(53-44)32-12-7-13-35-37(32)33-24-31(22-23-34(33)54-35)26-10-5-2-6-11-26/h1-24H,46-50H2. The van der Waals surface area contributed by atoms with Crippen LogP contribution in [0.5, 0.6) is 0 Å². The summed E-state index contributed by atoms with van der Waals surface area (Å²) in [6.45, 7) is 0. The van der Waals surface area contributed by atoms with Crippen molar-refractivity contribution in [3.8, 4) is 67.5 Å². The molecule has 9 rings (SSSR count). The highest BCUT2D eigenvalue weighted by atomic mass is 16.3. The molecule has 0 bridgehead atoms. The van der Waals surface area contributed by atoms with Gasteiger partial charge in [-0.2, -0.15) is 0 Å². The smallest absolute Gasteiger partial charge is 0.164 e. The number of furan rings is 1. The fourth-order valence-corrected chi connectivity index (χ4v) is 7.74. The van der Waals surface area contributed by atoms with Crippen molar-refractivity contribution in [3.63, 3.8) is 0 Å². The van der Waals surface area contributed by atoms with Crippen LogP contribution in [0.25, 0.3) is 89.5 Å². The van der Waals surface area contributed by atoms with E-state index in [1.165, 1.54) is 44.0 Å². The molecule has 0 N–H and O–H groups in total. The molecule has 0 saturated carbocycles. The van der Waals surface area contributed by atoms with E-state index < -0.39 is 0 Å². The molecule has 0 atom stereocenters. The molecule has 54 heavy (non-hydrogen) atoms. The second-order valence-electron chi connectivity index (χ2n) is 14.2. The van der Waals surface area contributed by atoms with E-state index in [9.17, 15) is 0 Å². The predicted molar refractivity (Wildman–Crippen MR) is 241 cm³/mol. The zero-order chi connectivity index (χ0) is 36.9. The Balaban J connectivity index is 1.21. The molecular formula is C45H34B5N3O. The zero-order valence-electron chi connectivity index (χ0n) is 31.1. The monoisotopic (exact) mass is 687 g/mol. The van der Waals surface area contributed by atoms with Crippen molar-refractivity contribution in [2.24, 2.45) is 0 Å². The molecule has 0 amide bonds. The summed E-state index contributed by atoms with van der Waals surface area (Å²) in [4.78, 5) is 15.5. The van der Waals surface area contributed by atoms with Gasteiger partial charge >= 0.3 is 0 Å². The molecule has 2 heterocycles. The second kappa shape index (κ2) is 13.6. The van der Waals surface area contributed by atoms with Crippen molar-refractivity contribution < 1.29 is 4.42 Å². The van der Waals surface area contributed by atoms with E-state index in [4.69, 9.17) is 19.4 Å². The van der Waals surface area contributed by atoms with Crippen molar-refractivity contribution in [1.29, 1.82) is 0 Å². The van der Waals surface area contributed by atoms with E-state index >= 15 is 0 Å². The topological polar surface area (TPSA) is 51.8 Å². The van der Waals surface area contributed by atoms with E-state index in [1.54, 1.807) is 0 Å². The molecule has 0 saturated heterocycles. The molecule has 9 heteroatoms. The summed E-state index contributed by atoms with van der Waals surface area (Å²) in [6, 6.07) is 50.5. The summed E-state index contributed by atoms with van der Waals surface area (Å²) in [7, 11) is 11.1. The second-order valence-corrected chi connectivity index (χ2v) is 14.2. The van der Waals surface area contributed by atoms with Gasteiger partial charge < -0.3 is 4.42 Å². The molecule has 250 valence electrons. The van der Waals surface area contributed by atoms with Crippen molar-refractivity contribution in [1.82, 2.24) is 15.0 Å². The quantitative estimate of drug-likeness (QED) is 0.253. The molecule has 9 aromatic rings. The first-order valence-electron chi connectivity index (χ1n) is 18.4. The maximum absolute atomic E-state index is 6.42. The Kier molecular flexibility index (Phi) is 8.43. The minimum absolute atomic E-state index is 0.598. The normalized spacial score (nSPS) is 11.3. The molecule has 2 aromatic heterocycles. The average molecular weight is 687 g/mol. The first-order valence-corrected chi connectivity index (χ1v) is 18.4. The van der Waals surface area contributed by atoms with Crippen molar-refractivity contribution >= 4 is 88.5 Å². The highest BCUT2D eigenvalue weighted by Crippen LogP contribution is 2.38. The van der Waals surface area contributed by atoms with Crippen LogP contribution in [0.4, 0.5) is 0 Å². The lowest BCUT2D eigenvalue weighted by Crippen LogP contribution is -2.55. The van der Waals surface area contributed by atoms with Crippen molar-refractivity contribution in [2.45, 2.75) is 0 Å². The Morgan fingerprint density at radius 3 is 1.41 bits per heavy atom. The van der Waals surface area contributed by atoms with Crippen LogP contribution in [0, 0.1) is 0 Å². The van der Waals surface area contributed by atoms with E-state index in [0.29, 0.717) is 17.5 Å². The van der Waals surface area contributed by atoms with Crippen LogP contribution >= 0.6 is 0 Å². The molecule has 0 aliphatic carbocycles. The Bertz CT molecular complexity index is 2830. The minimum atomic E-state index is 0.598. The number of rotatable bonds is 6. The summed E-state index contributed by atoms with van der Waals surface area (Å²) in [5, 5.41) is 2.01. The van der Waals surface area contributed by atoms with E-state index in [0.717, 1.165) is 55.3 Å². The number of benzene rings is 7. The highest BCUT2D eigenvalue weighted by molar-refractivity contribution is 6.68. The molecule has 0 aliphatic rings. The lowest BCUT2D eigenvalue weighted by atomic mass is 9.59. The predicted octanol–water partition coefficient (Wildman–Crippen LogP) is 3.07. The van der Waals surface area contributed by atoms with Gasteiger partial charge in [0, 0.05) is 27.5 Å². The van der Waals surface area contributed by atoms with Crippen LogP contribution < -0.4 is 27.3 Å². The maximum Gasteiger partial charge on any atom is 0.164 e. The maximum atomic E-state index is 6.42. The molecule has 7 aromatic carbocycles. The van der Waals surface area contributed by atoms with Gasteiger partial charge in [-0.1, -0.05) is 138 Å². The highest BCUT2D eigenvalue weighted by Gasteiger charge is 2.19. The van der Waals surface area contributed by atoms with Gasteiger partial charge in [-0.15, -0.1) is 16.4 Å². The Hall–Kier alpha value is -6.33. The number of nitrogens with zero attached hydrogens (tertiary/aromatic N) is 3. The summed E-state index contributed by atoms with van der Waals surface area (Å²) >= 11 is 0. The zero-order valence-corrected chi connectivity index (χ0v) is 31.1. The first kappa shape index (κ1) is 33.5. The summed E-state index contributed by atoms with van der Waals surface area (Å²) in [6.07, 6.45) is 0. The van der Waals surface area contributed by atoms with Gasteiger partial charge in [0.05, 0.1) is 0 Å². The van der Waals surface area contributed by atoms with Gasteiger partial charge in [-0.05, 0) is 51.6 Å². The Morgan fingerprint density at radius 2 is 0.815 bits per heavy atom. The Morgan fingerprint density at radius 1 is 0.352 bits per heavy atom. The SMILES string of the molecule is Bc1c(B)c(B)c(-c2ccc(-c3nc(-c4ccc(-c5ccccc5)cc4)nc(-c4cccc5oc6ccc(-c7ccccc7)cc6c45)n3)cc2)c(B)c1B. The van der Waals surface area contributed by atoms with E-state index in [-0.39, 0.29) is 0 Å². The fourth-order valence-electron chi connectivity index (χ4n) is 7.74. The molecule has 0 radical (unpaired) electrons. The molecule has 0 fully saturated rings. The number of hydrogen-bond donors (Lipinski definition) is 0. The van der Waals surface area contributed by atoms with Crippen molar-refractivity contribution in [2.75, 3.05) is 0 Å². The van der Waals surface area contributed by atoms with Gasteiger partial charge in [0.1, 0.15) is 50.4 Å². The van der Waals surface area contributed by atoms with Crippen molar-refractivity contribution in [3.05, 3.63) is 146 Å². The van der Waals surface area contributed by atoms with Crippen LogP contribution in [0.15, 0.2) is 150 Å². The number of fused-ring (bicyclic) bond motifs is 3. The van der Waals surface area contributed by atoms with Crippen LogP contribution in [0.2, 0.25) is 0 Å². The molecule has 0 spiro atoms. The lowest BCUT2D eigenvalue weighted by Gasteiger charge is -2.20. The lowest BCUT2D eigenvalue weighted by molar-refractivity contribution is 0.669. The molecule has 0 aliphatic heterocycles. The summed E-state index contributed by atoms with van der Waals surface area (Å²) in [5.41, 5.74) is 18.1. The van der Waals surface area contributed by atoms with Crippen LogP contribution in [0.1, 0.15) is 0 Å². The fraction of sp³-hybridized carbons (Fsp3) is 0. The van der Waals surface area contributed by atoms with Crippen LogP contribution in [-0.2, 0) is 0 Å². The summed E-state index contributed by atoms with van der Waals surface area (Å²) in [5.74, 6) is 1.83. The summed E-state index contributed by atoms with van der Waals surface area (Å²) < 4.78 is 6.42. The average Bonchev–Trinajstić information content (AvgIpc) is 3.61. The third kappa shape index (κ3) is 5.86. The van der Waals surface area contributed by atoms with E-state index in [2.05, 4.69) is 161 Å². The van der Waals surface area contributed by atoms with Gasteiger partial charge in [-0.3, -0.25) is 0 Å². The largest absolute Gasteiger partial charge is 0.456 e. The third-order valence-electron chi connectivity index (χ3n) is 11.2. The Labute approximate surface area is 319 Å². The number of aromatic nitrogens is 3. The van der Waals surface area contributed by atoms with Gasteiger partial charge in [0.2, 0.25) is 0 Å². The van der Waals surface area contributed by atoms with Gasteiger partial charge in [0.15, 0.2) is 17.5 Å². The molecule has 0 unspecified atom stereocenters. The van der Waals surface area contributed by atoms with Gasteiger partial charge in [-0.25, -0.2) is 15.0 Å². The number of hydrogen-bond acceptors (Lipinski definition) is 4. The van der Waals surface area contributed by atoms with Crippen LogP contribution in [-0.4, -0.2) is 54.2 Å². The first-order chi connectivity index (χ1) is 26.3. The molecule has 4 nitrogen and oxygen atoms in total.